The first kappa shape index (κ1) is 16.0. The molecule has 0 radical (unpaired) electrons. The minimum absolute atomic E-state index is 0.233. The summed E-state index contributed by atoms with van der Waals surface area (Å²) < 4.78 is 41.5. The zero-order valence-electron chi connectivity index (χ0n) is 11.2. The Bertz CT molecular complexity index is 353. The van der Waals surface area contributed by atoms with E-state index in [-0.39, 0.29) is 6.04 Å². The number of alkyl halides is 3. The minimum atomic E-state index is -4.29. The fraction of sp³-hybridized carbons (Fsp3) is 0.571. The van der Waals surface area contributed by atoms with E-state index in [0.29, 0.717) is 0 Å². The van der Waals surface area contributed by atoms with Crippen LogP contribution >= 0.6 is 0 Å². The average molecular weight is 275 g/mol. The molecule has 0 aromatic heterocycles. The van der Waals surface area contributed by atoms with Crippen molar-refractivity contribution in [2.45, 2.75) is 38.6 Å². The molecule has 0 spiro atoms. The SMILES string of the molecule is CCCNC(c1ccccc1)C(C)OCC(F)(F)F. The average Bonchev–Trinajstić information content (AvgIpc) is 2.37. The molecule has 0 fully saturated rings. The van der Waals surface area contributed by atoms with Crippen LogP contribution in [0.2, 0.25) is 0 Å². The highest BCUT2D eigenvalue weighted by Gasteiger charge is 2.30. The van der Waals surface area contributed by atoms with E-state index in [1.54, 1.807) is 6.92 Å². The molecule has 0 aliphatic heterocycles. The molecule has 0 saturated carbocycles. The molecule has 0 heterocycles. The molecule has 2 unspecified atom stereocenters. The van der Waals surface area contributed by atoms with Crippen LogP contribution in [0.4, 0.5) is 13.2 Å². The Balaban J connectivity index is 2.68. The quantitative estimate of drug-likeness (QED) is 0.819. The number of hydrogen-bond acceptors (Lipinski definition) is 2. The molecule has 0 aliphatic carbocycles. The molecule has 2 nitrogen and oxygen atoms in total. The van der Waals surface area contributed by atoms with Crippen LogP contribution in [0.3, 0.4) is 0 Å². The zero-order valence-corrected chi connectivity index (χ0v) is 11.2. The monoisotopic (exact) mass is 275 g/mol. The van der Waals surface area contributed by atoms with Crippen LogP contribution in [-0.2, 0) is 4.74 Å². The Labute approximate surface area is 112 Å². The van der Waals surface area contributed by atoms with Gasteiger partial charge in [0.05, 0.1) is 12.1 Å². The van der Waals surface area contributed by atoms with Crippen molar-refractivity contribution in [3.63, 3.8) is 0 Å². The third-order valence-electron chi connectivity index (χ3n) is 2.75. The Kier molecular flexibility index (Phi) is 6.31. The van der Waals surface area contributed by atoms with Crippen molar-refractivity contribution in [1.82, 2.24) is 5.32 Å². The summed E-state index contributed by atoms with van der Waals surface area (Å²) in [5, 5.41) is 3.23. The van der Waals surface area contributed by atoms with Gasteiger partial charge < -0.3 is 10.1 Å². The lowest BCUT2D eigenvalue weighted by Gasteiger charge is -2.26. The van der Waals surface area contributed by atoms with Crippen LogP contribution in [0.25, 0.3) is 0 Å². The summed E-state index contributed by atoms with van der Waals surface area (Å²) in [5.41, 5.74) is 0.936. The van der Waals surface area contributed by atoms with Gasteiger partial charge in [-0.15, -0.1) is 0 Å². The topological polar surface area (TPSA) is 21.3 Å². The fourth-order valence-electron chi connectivity index (χ4n) is 1.84. The summed E-state index contributed by atoms with van der Waals surface area (Å²) >= 11 is 0. The highest BCUT2D eigenvalue weighted by atomic mass is 19.4. The molecule has 0 saturated heterocycles. The molecule has 0 bridgehead atoms. The van der Waals surface area contributed by atoms with Gasteiger partial charge in [-0.2, -0.15) is 13.2 Å². The van der Waals surface area contributed by atoms with Crippen molar-refractivity contribution < 1.29 is 17.9 Å². The number of nitrogens with one attached hydrogen (secondary N) is 1. The normalized spacial score (nSPS) is 15.2. The number of ether oxygens (including phenoxy) is 1. The van der Waals surface area contributed by atoms with Gasteiger partial charge >= 0.3 is 6.18 Å². The molecule has 1 rings (SSSR count). The van der Waals surface area contributed by atoms with Crippen LogP contribution in [0.1, 0.15) is 31.9 Å². The van der Waals surface area contributed by atoms with Crippen molar-refractivity contribution >= 4 is 0 Å². The predicted molar refractivity (Wildman–Crippen MR) is 68.9 cm³/mol. The number of benzene rings is 1. The van der Waals surface area contributed by atoms with E-state index in [9.17, 15) is 13.2 Å². The van der Waals surface area contributed by atoms with Gasteiger partial charge in [0.25, 0.3) is 0 Å². The summed E-state index contributed by atoms with van der Waals surface area (Å²) in [5.74, 6) is 0. The molecule has 0 aliphatic rings. The number of halogens is 3. The lowest BCUT2D eigenvalue weighted by atomic mass is 10.0. The van der Waals surface area contributed by atoms with E-state index in [4.69, 9.17) is 4.74 Å². The van der Waals surface area contributed by atoms with Crippen molar-refractivity contribution in [2.24, 2.45) is 0 Å². The van der Waals surface area contributed by atoms with Gasteiger partial charge in [0.1, 0.15) is 6.61 Å². The van der Waals surface area contributed by atoms with Crippen LogP contribution in [0.15, 0.2) is 30.3 Å². The smallest absolute Gasteiger partial charge is 0.367 e. The lowest BCUT2D eigenvalue weighted by molar-refractivity contribution is -0.186. The highest BCUT2D eigenvalue weighted by molar-refractivity contribution is 5.19. The van der Waals surface area contributed by atoms with Gasteiger partial charge in [-0.3, -0.25) is 0 Å². The maximum Gasteiger partial charge on any atom is 0.411 e. The number of rotatable bonds is 7. The third kappa shape index (κ3) is 6.07. The lowest BCUT2D eigenvalue weighted by Crippen LogP contribution is -2.34. The second-order valence-corrected chi connectivity index (χ2v) is 4.47. The molecule has 108 valence electrons. The summed E-state index contributed by atoms with van der Waals surface area (Å²) in [6.07, 6.45) is -3.93. The Morgan fingerprint density at radius 1 is 1.21 bits per heavy atom. The zero-order chi connectivity index (χ0) is 14.3. The van der Waals surface area contributed by atoms with Gasteiger partial charge in [0.15, 0.2) is 0 Å². The predicted octanol–water partition coefficient (Wildman–Crippen LogP) is 3.69. The van der Waals surface area contributed by atoms with Gasteiger partial charge in [-0.1, -0.05) is 37.3 Å². The summed E-state index contributed by atoms with van der Waals surface area (Å²) in [7, 11) is 0. The van der Waals surface area contributed by atoms with Crippen molar-refractivity contribution in [1.29, 1.82) is 0 Å². The van der Waals surface area contributed by atoms with Crippen LogP contribution in [0.5, 0.6) is 0 Å². The maximum atomic E-state index is 12.2. The summed E-state index contributed by atoms with van der Waals surface area (Å²) in [6.45, 7) is 3.19. The van der Waals surface area contributed by atoms with E-state index in [0.717, 1.165) is 18.5 Å². The molecule has 5 heteroatoms. The molecule has 1 aromatic carbocycles. The second-order valence-electron chi connectivity index (χ2n) is 4.47. The van der Waals surface area contributed by atoms with E-state index in [1.165, 1.54) is 0 Å². The first-order chi connectivity index (χ1) is 8.94. The molecule has 1 N–H and O–H groups in total. The van der Waals surface area contributed by atoms with E-state index < -0.39 is 18.9 Å². The number of hydrogen-bond donors (Lipinski definition) is 1. The molecule has 1 aromatic rings. The fourth-order valence-corrected chi connectivity index (χ4v) is 1.84. The molecular formula is C14H20F3NO. The van der Waals surface area contributed by atoms with E-state index >= 15 is 0 Å². The third-order valence-corrected chi connectivity index (χ3v) is 2.75. The van der Waals surface area contributed by atoms with Gasteiger partial charge in [0.2, 0.25) is 0 Å². The molecule has 0 amide bonds. The largest absolute Gasteiger partial charge is 0.411 e. The van der Waals surface area contributed by atoms with E-state index in [1.807, 2.05) is 37.3 Å². The highest BCUT2D eigenvalue weighted by Crippen LogP contribution is 2.22. The molecular weight excluding hydrogens is 255 g/mol. The first-order valence-corrected chi connectivity index (χ1v) is 6.40. The summed E-state index contributed by atoms with van der Waals surface area (Å²) in [6, 6.07) is 9.16. The Morgan fingerprint density at radius 3 is 2.37 bits per heavy atom. The van der Waals surface area contributed by atoms with Crippen molar-refractivity contribution in [3.8, 4) is 0 Å². The van der Waals surface area contributed by atoms with Crippen LogP contribution in [0, 0.1) is 0 Å². The maximum absolute atomic E-state index is 12.2. The molecule has 2 atom stereocenters. The Hall–Kier alpha value is -1.07. The van der Waals surface area contributed by atoms with E-state index in [2.05, 4.69) is 5.32 Å². The second kappa shape index (κ2) is 7.50. The molecule has 19 heavy (non-hydrogen) atoms. The Morgan fingerprint density at radius 2 is 1.84 bits per heavy atom. The first-order valence-electron chi connectivity index (χ1n) is 6.40. The van der Waals surface area contributed by atoms with Crippen LogP contribution < -0.4 is 5.32 Å². The van der Waals surface area contributed by atoms with Gasteiger partial charge in [-0.05, 0) is 25.5 Å². The summed E-state index contributed by atoms with van der Waals surface area (Å²) in [4.78, 5) is 0. The van der Waals surface area contributed by atoms with Crippen LogP contribution in [-0.4, -0.2) is 25.4 Å². The minimum Gasteiger partial charge on any atom is -0.367 e. The van der Waals surface area contributed by atoms with Gasteiger partial charge in [0, 0.05) is 0 Å². The standard InChI is InChI=1S/C14H20F3NO/c1-3-9-18-13(12-7-5-4-6-8-12)11(2)19-10-14(15,16)17/h4-8,11,13,18H,3,9-10H2,1-2H3. The van der Waals surface area contributed by atoms with Crippen molar-refractivity contribution in [2.75, 3.05) is 13.2 Å². The van der Waals surface area contributed by atoms with Gasteiger partial charge in [-0.25, -0.2) is 0 Å². The van der Waals surface area contributed by atoms with Crippen molar-refractivity contribution in [3.05, 3.63) is 35.9 Å².